The lowest BCUT2D eigenvalue weighted by atomic mass is 10.1. The minimum absolute atomic E-state index is 0.0281. The Balaban J connectivity index is 2.56. The highest BCUT2D eigenvalue weighted by atomic mass is 16.2. The Hall–Kier alpha value is -1.85. The third-order valence-electron chi connectivity index (χ3n) is 2.73. The van der Waals surface area contributed by atoms with E-state index in [1.54, 1.807) is 4.90 Å². The number of rotatable bonds is 5. The van der Waals surface area contributed by atoms with Gasteiger partial charge in [0.1, 0.15) is 0 Å². The zero-order valence-electron chi connectivity index (χ0n) is 9.67. The van der Waals surface area contributed by atoms with Gasteiger partial charge >= 0.3 is 0 Å². The number of hydrogen-bond acceptors (Lipinski definition) is 4. The van der Waals surface area contributed by atoms with Crippen LogP contribution in [0, 0.1) is 28.6 Å². The van der Waals surface area contributed by atoms with Crippen molar-refractivity contribution in [3.05, 3.63) is 12.2 Å². The molecule has 2 atom stereocenters. The number of nitriles is 2. The first-order valence-corrected chi connectivity index (χ1v) is 5.65. The topological polar surface area (TPSA) is 93.9 Å². The second-order valence-electron chi connectivity index (χ2n) is 4.03. The maximum atomic E-state index is 12.1. The van der Waals surface area contributed by atoms with E-state index in [2.05, 4.69) is 0 Å². The summed E-state index contributed by atoms with van der Waals surface area (Å²) in [5, 5.41) is 17.1. The van der Waals surface area contributed by atoms with Crippen molar-refractivity contribution in [2.75, 3.05) is 13.1 Å². The van der Waals surface area contributed by atoms with Gasteiger partial charge in [0.05, 0.1) is 30.9 Å². The summed E-state index contributed by atoms with van der Waals surface area (Å²) >= 11 is 0. The number of carbonyl (C=O) groups excluding carboxylic acids is 1. The van der Waals surface area contributed by atoms with E-state index >= 15 is 0 Å². The molecule has 0 bridgehead atoms. The molecule has 2 N–H and O–H groups in total. The summed E-state index contributed by atoms with van der Waals surface area (Å²) in [7, 11) is 0. The lowest BCUT2D eigenvalue weighted by Gasteiger charge is -2.23. The molecule has 1 aliphatic rings. The van der Waals surface area contributed by atoms with Crippen LogP contribution in [-0.4, -0.2) is 29.9 Å². The molecule has 5 nitrogen and oxygen atoms in total. The molecular weight excluding hydrogens is 216 g/mol. The smallest absolute Gasteiger partial charge is 0.229 e. The van der Waals surface area contributed by atoms with Gasteiger partial charge in [0, 0.05) is 19.1 Å². The fourth-order valence-corrected chi connectivity index (χ4v) is 1.85. The van der Waals surface area contributed by atoms with Crippen molar-refractivity contribution in [2.24, 2.45) is 11.7 Å². The van der Waals surface area contributed by atoms with E-state index in [0.29, 0.717) is 32.4 Å². The van der Waals surface area contributed by atoms with Crippen molar-refractivity contribution in [1.82, 2.24) is 4.90 Å². The number of hydrogen-bond donors (Lipinski definition) is 1. The molecule has 90 valence electrons. The molecule has 0 aromatic heterocycles. The van der Waals surface area contributed by atoms with Crippen molar-refractivity contribution < 1.29 is 4.79 Å². The Morgan fingerprint density at radius 1 is 1.29 bits per heavy atom. The fraction of sp³-hybridized carbons (Fsp3) is 0.583. The van der Waals surface area contributed by atoms with Crippen LogP contribution in [0.25, 0.3) is 0 Å². The summed E-state index contributed by atoms with van der Waals surface area (Å²) in [4.78, 5) is 13.7. The van der Waals surface area contributed by atoms with E-state index in [4.69, 9.17) is 16.3 Å². The first-order chi connectivity index (χ1) is 8.19. The van der Waals surface area contributed by atoms with Gasteiger partial charge in [-0.25, -0.2) is 0 Å². The summed E-state index contributed by atoms with van der Waals surface area (Å²) in [6, 6.07) is 3.96. The molecule has 0 aromatic carbocycles. The van der Waals surface area contributed by atoms with Gasteiger partial charge in [0.15, 0.2) is 0 Å². The standard InChI is InChI=1S/C12H16N4O/c13-5-1-7-16(8-2-6-14)12(17)10-3-4-11(15)9-10/h3-4,10-11H,1-2,7-9,15H2. The zero-order valence-corrected chi connectivity index (χ0v) is 9.67. The van der Waals surface area contributed by atoms with E-state index in [9.17, 15) is 4.79 Å². The predicted octanol–water partition coefficient (Wildman–Crippen LogP) is 0.546. The molecule has 0 spiro atoms. The van der Waals surface area contributed by atoms with Gasteiger partial charge in [-0.15, -0.1) is 0 Å². The quantitative estimate of drug-likeness (QED) is 0.700. The Morgan fingerprint density at radius 2 is 1.88 bits per heavy atom. The van der Waals surface area contributed by atoms with Crippen molar-refractivity contribution in [2.45, 2.75) is 25.3 Å². The molecule has 0 heterocycles. The molecule has 0 saturated heterocycles. The van der Waals surface area contributed by atoms with Crippen molar-refractivity contribution in [3.8, 4) is 12.1 Å². The second-order valence-corrected chi connectivity index (χ2v) is 4.03. The van der Waals surface area contributed by atoms with Crippen LogP contribution in [0.3, 0.4) is 0 Å². The van der Waals surface area contributed by atoms with Crippen molar-refractivity contribution in [1.29, 1.82) is 10.5 Å². The van der Waals surface area contributed by atoms with Gasteiger partial charge in [-0.3, -0.25) is 4.79 Å². The van der Waals surface area contributed by atoms with Gasteiger partial charge in [-0.1, -0.05) is 12.2 Å². The van der Waals surface area contributed by atoms with E-state index in [1.807, 2.05) is 24.3 Å². The number of amides is 1. The third kappa shape index (κ3) is 3.90. The molecule has 1 aliphatic carbocycles. The number of carbonyl (C=O) groups is 1. The van der Waals surface area contributed by atoms with E-state index < -0.39 is 0 Å². The van der Waals surface area contributed by atoms with Crippen LogP contribution in [0.1, 0.15) is 19.3 Å². The fourth-order valence-electron chi connectivity index (χ4n) is 1.85. The lowest BCUT2D eigenvalue weighted by Crippen LogP contribution is -2.37. The minimum atomic E-state index is -0.192. The van der Waals surface area contributed by atoms with Gasteiger partial charge < -0.3 is 10.6 Å². The van der Waals surface area contributed by atoms with Crippen LogP contribution in [0.2, 0.25) is 0 Å². The van der Waals surface area contributed by atoms with E-state index in [0.717, 1.165) is 0 Å². The summed E-state index contributed by atoms with van der Waals surface area (Å²) in [5.74, 6) is -0.220. The van der Waals surface area contributed by atoms with Crippen molar-refractivity contribution in [3.63, 3.8) is 0 Å². The Labute approximate surface area is 101 Å². The molecule has 1 amide bonds. The molecule has 1 rings (SSSR count). The molecule has 0 saturated carbocycles. The van der Waals surface area contributed by atoms with Gasteiger partial charge in [-0.2, -0.15) is 10.5 Å². The highest BCUT2D eigenvalue weighted by molar-refractivity contribution is 5.81. The highest BCUT2D eigenvalue weighted by Crippen LogP contribution is 2.19. The first-order valence-electron chi connectivity index (χ1n) is 5.65. The average Bonchev–Trinajstić information content (AvgIpc) is 2.75. The largest absolute Gasteiger partial charge is 0.340 e. The normalized spacial score (nSPS) is 21.8. The van der Waals surface area contributed by atoms with Crippen LogP contribution in [0.15, 0.2) is 12.2 Å². The molecule has 5 heteroatoms. The molecule has 17 heavy (non-hydrogen) atoms. The monoisotopic (exact) mass is 232 g/mol. The SMILES string of the molecule is N#CCCN(CCC#N)C(=O)C1C=CC(N)C1. The lowest BCUT2D eigenvalue weighted by molar-refractivity contribution is -0.133. The number of nitrogens with two attached hydrogens (primary N) is 1. The summed E-state index contributed by atoms with van der Waals surface area (Å²) in [6.45, 7) is 0.771. The average molecular weight is 232 g/mol. The molecule has 2 unspecified atom stereocenters. The van der Waals surface area contributed by atoms with Crippen LogP contribution < -0.4 is 5.73 Å². The highest BCUT2D eigenvalue weighted by Gasteiger charge is 2.26. The zero-order chi connectivity index (χ0) is 12.7. The van der Waals surface area contributed by atoms with Crippen LogP contribution in [0.5, 0.6) is 0 Å². The molecule has 0 fully saturated rings. The minimum Gasteiger partial charge on any atom is -0.340 e. The van der Waals surface area contributed by atoms with Gasteiger partial charge in [0.25, 0.3) is 0 Å². The maximum Gasteiger partial charge on any atom is 0.229 e. The molecule has 0 aromatic rings. The summed E-state index contributed by atoms with van der Waals surface area (Å²) < 4.78 is 0. The second kappa shape index (κ2) is 6.67. The van der Waals surface area contributed by atoms with Crippen molar-refractivity contribution >= 4 is 5.91 Å². The Morgan fingerprint density at radius 3 is 2.29 bits per heavy atom. The van der Waals surface area contributed by atoms with E-state index in [-0.39, 0.29) is 17.9 Å². The van der Waals surface area contributed by atoms with Crippen LogP contribution in [-0.2, 0) is 4.79 Å². The van der Waals surface area contributed by atoms with Crippen LogP contribution >= 0.6 is 0 Å². The number of nitrogens with zero attached hydrogens (tertiary/aromatic N) is 3. The predicted molar refractivity (Wildman–Crippen MR) is 62.3 cm³/mol. The van der Waals surface area contributed by atoms with Gasteiger partial charge in [-0.05, 0) is 6.42 Å². The molecule has 0 aliphatic heterocycles. The first kappa shape index (κ1) is 13.2. The van der Waals surface area contributed by atoms with Crippen LogP contribution in [0.4, 0.5) is 0 Å². The Kier molecular flexibility index (Phi) is 5.19. The Bertz CT molecular complexity index is 359. The molecule has 0 radical (unpaired) electrons. The molecular formula is C12H16N4O. The third-order valence-corrected chi connectivity index (χ3v) is 2.73. The summed E-state index contributed by atoms with van der Waals surface area (Å²) in [5.41, 5.74) is 5.70. The maximum absolute atomic E-state index is 12.1. The summed E-state index contributed by atoms with van der Waals surface area (Å²) in [6.07, 6.45) is 4.85. The van der Waals surface area contributed by atoms with E-state index in [1.165, 1.54) is 0 Å². The van der Waals surface area contributed by atoms with Gasteiger partial charge in [0.2, 0.25) is 5.91 Å².